The summed E-state index contributed by atoms with van der Waals surface area (Å²) in [5.74, 6) is 0. The molecular formula is C11H21NO. The molecule has 2 N–H and O–H groups in total. The first-order chi connectivity index (χ1) is 6.18. The molecule has 0 aromatic heterocycles. The van der Waals surface area contributed by atoms with E-state index >= 15 is 0 Å². The summed E-state index contributed by atoms with van der Waals surface area (Å²) in [5, 5.41) is 0. The molecule has 0 spiro atoms. The molecule has 0 bridgehead atoms. The lowest BCUT2D eigenvalue weighted by atomic mass is 10.1. The van der Waals surface area contributed by atoms with Crippen LogP contribution in [0.4, 0.5) is 0 Å². The third-order valence-electron chi connectivity index (χ3n) is 2.34. The summed E-state index contributed by atoms with van der Waals surface area (Å²) in [6.45, 7) is 4.90. The number of hydrogen-bond donors (Lipinski definition) is 1. The van der Waals surface area contributed by atoms with E-state index in [2.05, 4.69) is 19.9 Å². The van der Waals surface area contributed by atoms with Gasteiger partial charge in [-0.1, -0.05) is 12.5 Å². The molecule has 2 heteroatoms. The van der Waals surface area contributed by atoms with Gasteiger partial charge in [0.1, 0.15) is 0 Å². The normalized spacial score (nSPS) is 24.3. The minimum atomic E-state index is 0.258. The van der Waals surface area contributed by atoms with Crippen molar-refractivity contribution in [3.63, 3.8) is 0 Å². The van der Waals surface area contributed by atoms with E-state index in [-0.39, 0.29) is 6.04 Å². The second kappa shape index (κ2) is 5.40. The zero-order valence-electron chi connectivity index (χ0n) is 8.75. The Hall–Kier alpha value is -0.340. The van der Waals surface area contributed by atoms with Crippen molar-refractivity contribution in [3.8, 4) is 0 Å². The van der Waals surface area contributed by atoms with Gasteiger partial charge in [-0.25, -0.2) is 0 Å². The van der Waals surface area contributed by atoms with Gasteiger partial charge >= 0.3 is 0 Å². The van der Waals surface area contributed by atoms with Crippen molar-refractivity contribution in [2.45, 2.75) is 51.7 Å². The predicted octanol–water partition coefficient (Wildman–Crippen LogP) is 2.24. The van der Waals surface area contributed by atoms with Crippen LogP contribution in [0.1, 0.15) is 39.5 Å². The van der Waals surface area contributed by atoms with Gasteiger partial charge in [0.25, 0.3) is 0 Å². The molecule has 0 saturated carbocycles. The molecule has 1 aliphatic rings. The molecule has 1 rings (SSSR count). The Morgan fingerprint density at radius 1 is 1.54 bits per heavy atom. The Bertz CT molecular complexity index is 175. The Kier molecular flexibility index (Phi) is 4.46. The van der Waals surface area contributed by atoms with Gasteiger partial charge in [0, 0.05) is 6.04 Å². The van der Waals surface area contributed by atoms with Gasteiger partial charge in [0.15, 0.2) is 0 Å². The molecule has 1 atom stereocenters. The third kappa shape index (κ3) is 4.44. The highest BCUT2D eigenvalue weighted by atomic mass is 16.5. The van der Waals surface area contributed by atoms with Gasteiger partial charge < -0.3 is 10.5 Å². The summed E-state index contributed by atoms with van der Waals surface area (Å²) in [6.07, 6.45) is 7.32. The van der Waals surface area contributed by atoms with Crippen molar-refractivity contribution >= 4 is 0 Å². The molecule has 0 radical (unpaired) electrons. The van der Waals surface area contributed by atoms with Crippen LogP contribution in [0, 0.1) is 0 Å². The average Bonchev–Trinajstić information content (AvgIpc) is 2.26. The number of ether oxygens (including phenoxy) is 1. The van der Waals surface area contributed by atoms with E-state index in [1.54, 1.807) is 0 Å². The Labute approximate surface area is 81.1 Å². The number of rotatable bonds is 3. The summed E-state index contributed by atoms with van der Waals surface area (Å²) >= 11 is 0. The lowest BCUT2D eigenvalue weighted by Gasteiger charge is -2.10. The minimum Gasteiger partial charge on any atom is -0.374 e. The topological polar surface area (TPSA) is 35.2 Å². The Morgan fingerprint density at radius 2 is 2.31 bits per heavy atom. The molecule has 1 unspecified atom stereocenters. The van der Waals surface area contributed by atoms with Crippen molar-refractivity contribution in [2.24, 2.45) is 5.73 Å². The molecule has 13 heavy (non-hydrogen) atoms. The van der Waals surface area contributed by atoms with Crippen LogP contribution >= 0.6 is 0 Å². The summed E-state index contributed by atoms with van der Waals surface area (Å²) in [6, 6.07) is 0.258. The SMILES string of the molecule is CC(C)OCC1=CC(N)CCCC1. The van der Waals surface area contributed by atoms with Gasteiger partial charge in [-0.3, -0.25) is 0 Å². The number of nitrogens with two attached hydrogens (primary N) is 1. The van der Waals surface area contributed by atoms with E-state index < -0.39 is 0 Å². The van der Waals surface area contributed by atoms with E-state index in [0.717, 1.165) is 13.0 Å². The highest BCUT2D eigenvalue weighted by molar-refractivity contribution is 5.08. The standard InChI is InChI=1S/C11H21NO/c1-9(2)13-8-10-5-3-4-6-11(12)7-10/h7,9,11H,3-6,8,12H2,1-2H3. The molecule has 0 aromatic carbocycles. The quantitative estimate of drug-likeness (QED) is 0.681. The third-order valence-corrected chi connectivity index (χ3v) is 2.34. The zero-order chi connectivity index (χ0) is 9.68. The maximum Gasteiger partial charge on any atom is 0.0680 e. The molecule has 76 valence electrons. The molecule has 1 aliphatic carbocycles. The van der Waals surface area contributed by atoms with E-state index in [9.17, 15) is 0 Å². The van der Waals surface area contributed by atoms with Gasteiger partial charge in [0.05, 0.1) is 12.7 Å². The molecule has 2 nitrogen and oxygen atoms in total. The van der Waals surface area contributed by atoms with Gasteiger partial charge in [-0.2, -0.15) is 0 Å². The molecular weight excluding hydrogens is 162 g/mol. The summed E-state index contributed by atoms with van der Waals surface area (Å²) in [5.41, 5.74) is 7.29. The Balaban J connectivity index is 2.37. The predicted molar refractivity (Wildman–Crippen MR) is 55.6 cm³/mol. The fourth-order valence-electron chi connectivity index (χ4n) is 1.60. The van der Waals surface area contributed by atoms with E-state index in [1.165, 1.54) is 24.8 Å². The largest absolute Gasteiger partial charge is 0.374 e. The maximum atomic E-state index is 5.90. The molecule has 0 aromatic rings. The molecule has 0 aliphatic heterocycles. The lowest BCUT2D eigenvalue weighted by molar-refractivity contribution is 0.0956. The molecule has 0 heterocycles. The van der Waals surface area contributed by atoms with Crippen LogP contribution in [-0.4, -0.2) is 18.8 Å². The van der Waals surface area contributed by atoms with Crippen LogP contribution in [0.25, 0.3) is 0 Å². The first-order valence-corrected chi connectivity index (χ1v) is 5.25. The average molecular weight is 183 g/mol. The highest BCUT2D eigenvalue weighted by Crippen LogP contribution is 2.17. The van der Waals surface area contributed by atoms with Crippen molar-refractivity contribution < 1.29 is 4.74 Å². The van der Waals surface area contributed by atoms with Crippen LogP contribution < -0.4 is 5.73 Å². The molecule has 0 fully saturated rings. The molecule has 0 saturated heterocycles. The van der Waals surface area contributed by atoms with Gasteiger partial charge in [-0.15, -0.1) is 0 Å². The van der Waals surface area contributed by atoms with Crippen LogP contribution in [0.15, 0.2) is 11.6 Å². The van der Waals surface area contributed by atoms with E-state index in [4.69, 9.17) is 10.5 Å². The van der Waals surface area contributed by atoms with Crippen LogP contribution in [0.2, 0.25) is 0 Å². The second-order valence-electron chi connectivity index (χ2n) is 4.09. The fourth-order valence-corrected chi connectivity index (χ4v) is 1.60. The fraction of sp³-hybridized carbons (Fsp3) is 0.818. The van der Waals surface area contributed by atoms with E-state index in [1.807, 2.05) is 0 Å². The van der Waals surface area contributed by atoms with E-state index in [0.29, 0.717) is 6.10 Å². The zero-order valence-corrected chi connectivity index (χ0v) is 8.75. The van der Waals surface area contributed by atoms with Crippen molar-refractivity contribution in [1.29, 1.82) is 0 Å². The van der Waals surface area contributed by atoms with Gasteiger partial charge in [0.2, 0.25) is 0 Å². The van der Waals surface area contributed by atoms with Gasteiger partial charge in [-0.05, 0) is 38.7 Å². The smallest absolute Gasteiger partial charge is 0.0680 e. The van der Waals surface area contributed by atoms with Crippen molar-refractivity contribution in [3.05, 3.63) is 11.6 Å². The van der Waals surface area contributed by atoms with Crippen molar-refractivity contribution in [2.75, 3.05) is 6.61 Å². The summed E-state index contributed by atoms with van der Waals surface area (Å²) < 4.78 is 5.56. The number of hydrogen-bond acceptors (Lipinski definition) is 2. The monoisotopic (exact) mass is 183 g/mol. The Morgan fingerprint density at radius 3 is 3.00 bits per heavy atom. The minimum absolute atomic E-state index is 0.258. The van der Waals surface area contributed by atoms with Crippen LogP contribution in [0.3, 0.4) is 0 Å². The lowest BCUT2D eigenvalue weighted by Crippen LogP contribution is -2.16. The van der Waals surface area contributed by atoms with Crippen LogP contribution in [0.5, 0.6) is 0 Å². The second-order valence-corrected chi connectivity index (χ2v) is 4.09. The summed E-state index contributed by atoms with van der Waals surface area (Å²) in [7, 11) is 0. The maximum absolute atomic E-state index is 5.90. The first kappa shape index (κ1) is 10.7. The summed E-state index contributed by atoms with van der Waals surface area (Å²) in [4.78, 5) is 0. The highest BCUT2D eigenvalue weighted by Gasteiger charge is 2.08. The van der Waals surface area contributed by atoms with Crippen LogP contribution in [-0.2, 0) is 4.74 Å². The molecule has 0 amide bonds. The first-order valence-electron chi connectivity index (χ1n) is 5.25. The van der Waals surface area contributed by atoms with Crippen molar-refractivity contribution in [1.82, 2.24) is 0 Å².